The topological polar surface area (TPSA) is 61.4 Å². The smallest absolute Gasteiger partial charge is 0.322 e. The Morgan fingerprint density at radius 3 is 2.36 bits per heavy atom. The van der Waals surface area contributed by atoms with Crippen molar-refractivity contribution in [3.8, 4) is 0 Å². The van der Waals surface area contributed by atoms with E-state index in [9.17, 15) is 9.59 Å². The van der Waals surface area contributed by atoms with Gasteiger partial charge in [-0.2, -0.15) is 0 Å². The molecule has 0 fully saturated rings. The second-order valence-electron chi connectivity index (χ2n) is 5.71. The number of carbonyl (C=O) groups excluding carboxylic acids is 2. The molecular formula is C17H27N3O2. The lowest BCUT2D eigenvalue weighted by atomic mass is 10.1. The van der Waals surface area contributed by atoms with Gasteiger partial charge in [-0.25, -0.2) is 4.79 Å². The first kappa shape index (κ1) is 18.0. The van der Waals surface area contributed by atoms with E-state index >= 15 is 0 Å². The summed E-state index contributed by atoms with van der Waals surface area (Å²) in [5.41, 5.74) is 1.49. The molecule has 0 radical (unpaired) electrons. The van der Waals surface area contributed by atoms with Crippen LogP contribution in [0.5, 0.6) is 0 Å². The maximum atomic E-state index is 12.5. The second-order valence-corrected chi connectivity index (χ2v) is 5.71. The van der Waals surface area contributed by atoms with Crippen LogP contribution < -0.4 is 10.6 Å². The molecule has 0 saturated heterocycles. The fraction of sp³-hybridized carbons (Fsp3) is 0.529. The van der Waals surface area contributed by atoms with Crippen LogP contribution in [0.3, 0.4) is 0 Å². The molecule has 0 spiro atoms. The van der Waals surface area contributed by atoms with Crippen molar-refractivity contribution in [2.24, 2.45) is 5.92 Å². The van der Waals surface area contributed by atoms with E-state index in [4.69, 9.17) is 0 Å². The Hall–Kier alpha value is -2.04. The fourth-order valence-electron chi connectivity index (χ4n) is 2.22. The second kappa shape index (κ2) is 8.41. The summed E-state index contributed by atoms with van der Waals surface area (Å²) in [6.07, 6.45) is 0.249. The molecule has 1 rings (SSSR count). The van der Waals surface area contributed by atoms with E-state index in [1.165, 1.54) is 0 Å². The van der Waals surface area contributed by atoms with E-state index in [0.717, 1.165) is 5.56 Å². The number of hydrogen-bond donors (Lipinski definition) is 2. The Morgan fingerprint density at radius 2 is 1.82 bits per heavy atom. The van der Waals surface area contributed by atoms with Crippen molar-refractivity contribution >= 4 is 17.6 Å². The Balaban J connectivity index is 2.89. The zero-order chi connectivity index (χ0) is 16.7. The van der Waals surface area contributed by atoms with Gasteiger partial charge in [0.15, 0.2) is 0 Å². The van der Waals surface area contributed by atoms with Crippen LogP contribution in [0.1, 0.15) is 33.3 Å². The summed E-state index contributed by atoms with van der Waals surface area (Å²) in [6, 6.07) is 7.41. The van der Waals surface area contributed by atoms with Gasteiger partial charge in [0, 0.05) is 25.3 Å². The molecule has 0 bridgehead atoms. The van der Waals surface area contributed by atoms with Gasteiger partial charge < -0.3 is 15.5 Å². The van der Waals surface area contributed by atoms with E-state index in [1.807, 2.05) is 38.1 Å². The molecular weight excluding hydrogens is 278 g/mol. The van der Waals surface area contributed by atoms with Crippen LogP contribution in [0.4, 0.5) is 10.5 Å². The fourth-order valence-corrected chi connectivity index (χ4v) is 2.22. The molecule has 0 aliphatic carbocycles. The first-order valence-corrected chi connectivity index (χ1v) is 7.76. The van der Waals surface area contributed by atoms with E-state index in [1.54, 1.807) is 11.9 Å². The maximum Gasteiger partial charge on any atom is 0.322 e. The number of likely N-dealkylation sites (N-methyl/N-ethyl adjacent to an activating group) is 1. The van der Waals surface area contributed by atoms with Crippen LogP contribution in [0.25, 0.3) is 0 Å². The first-order chi connectivity index (χ1) is 10.4. The van der Waals surface area contributed by atoms with Gasteiger partial charge in [0.05, 0.1) is 6.42 Å². The van der Waals surface area contributed by atoms with Crippen molar-refractivity contribution in [2.45, 2.75) is 40.2 Å². The van der Waals surface area contributed by atoms with Crippen molar-refractivity contribution in [1.82, 2.24) is 10.2 Å². The summed E-state index contributed by atoms with van der Waals surface area (Å²) in [7, 11) is 1.60. The highest BCUT2D eigenvalue weighted by Crippen LogP contribution is 2.18. The molecule has 2 N–H and O–H groups in total. The van der Waals surface area contributed by atoms with Crippen LogP contribution in [0.15, 0.2) is 24.3 Å². The van der Waals surface area contributed by atoms with Gasteiger partial charge >= 0.3 is 6.03 Å². The summed E-state index contributed by atoms with van der Waals surface area (Å²) in [4.78, 5) is 25.9. The number of nitrogens with zero attached hydrogens (tertiary/aromatic N) is 1. The lowest BCUT2D eigenvalue weighted by Gasteiger charge is -2.31. The van der Waals surface area contributed by atoms with Crippen LogP contribution in [-0.4, -0.2) is 36.5 Å². The largest absolute Gasteiger partial charge is 0.359 e. The Kier molecular flexibility index (Phi) is 6.89. The molecule has 0 aliphatic rings. The van der Waals surface area contributed by atoms with Gasteiger partial charge in [-0.15, -0.1) is 0 Å². The van der Waals surface area contributed by atoms with E-state index in [2.05, 4.69) is 24.5 Å². The molecule has 0 saturated carbocycles. The van der Waals surface area contributed by atoms with Crippen molar-refractivity contribution in [3.63, 3.8) is 0 Å². The number of hydrogen-bond acceptors (Lipinski definition) is 2. The van der Waals surface area contributed by atoms with Crippen molar-refractivity contribution in [2.75, 3.05) is 18.9 Å². The maximum absolute atomic E-state index is 12.5. The predicted octanol–water partition coefficient (Wildman–Crippen LogP) is 2.87. The normalized spacial score (nSPS) is 11.9. The highest BCUT2D eigenvalue weighted by atomic mass is 16.2. The molecule has 0 heterocycles. The summed E-state index contributed by atoms with van der Waals surface area (Å²) < 4.78 is 0. The number of carbonyl (C=O) groups is 2. The summed E-state index contributed by atoms with van der Waals surface area (Å²) >= 11 is 0. The Morgan fingerprint density at radius 1 is 1.18 bits per heavy atom. The van der Waals surface area contributed by atoms with Crippen molar-refractivity contribution < 1.29 is 9.59 Å². The minimum Gasteiger partial charge on any atom is -0.359 e. The lowest BCUT2D eigenvalue weighted by molar-refractivity contribution is -0.119. The molecule has 122 valence electrons. The number of para-hydroxylation sites is 1. The number of urea groups is 1. The van der Waals surface area contributed by atoms with E-state index in [0.29, 0.717) is 18.2 Å². The van der Waals surface area contributed by atoms with Gasteiger partial charge in [0.1, 0.15) is 0 Å². The quantitative estimate of drug-likeness (QED) is 0.849. The van der Waals surface area contributed by atoms with E-state index in [-0.39, 0.29) is 24.4 Å². The van der Waals surface area contributed by atoms with Gasteiger partial charge in [-0.05, 0) is 31.4 Å². The number of amides is 3. The summed E-state index contributed by atoms with van der Waals surface area (Å²) in [5, 5.41) is 5.53. The monoisotopic (exact) mass is 305 g/mol. The SMILES string of the molecule is CCN(C(=O)Nc1ccccc1CC(=O)NC)[C@H](C)C(C)C. The molecule has 0 unspecified atom stereocenters. The third-order valence-electron chi connectivity index (χ3n) is 3.95. The average molecular weight is 305 g/mol. The zero-order valence-electron chi connectivity index (χ0n) is 14.1. The third kappa shape index (κ3) is 4.76. The molecule has 22 heavy (non-hydrogen) atoms. The van der Waals surface area contributed by atoms with Gasteiger partial charge in [0.25, 0.3) is 0 Å². The van der Waals surface area contributed by atoms with Crippen molar-refractivity contribution in [1.29, 1.82) is 0 Å². The molecule has 5 nitrogen and oxygen atoms in total. The average Bonchev–Trinajstić information content (AvgIpc) is 2.49. The minimum atomic E-state index is -0.131. The molecule has 3 amide bonds. The third-order valence-corrected chi connectivity index (χ3v) is 3.95. The number of anilines is 1. The molecule has 1 aromatic rings. The van der Waals surface area contributed by atoms with Crippen LogP contribution in [-0.2, 0) is 11.2 Å². The van der Waals surface area contributed by atoms with Gasteiger partial charge in [-0.1, -0.05) is 32.0 Å². The first-order valence-electron chi connectivity index (χ1n) is 7.76. The predicted molar refractivity (Wildman–Crippen MR) is 89.9 cm³/mol. The molecule has 1 aromatic carbocycles. The highest BCUT2D eigenvalue weighted by Gasteiger charge is 2.21. The van der Waals surface area contributed by atoms with Gasteiger partial charge in [0.2, 0.25) is 5.91 Å². The lowest BCUT2D eigenvalue weighted by Crippen LogP contribution is -2.43. The Labute approximate surface area is 133 Å². The summed E-state index contributed by atoms with van der Waals surface area (Å²) in [6.45, 7) is 8.85. The zero-order valence-corrected chi connectivity index (χ0v) is 14.1. The number of benzene rings is 1. The molecule has 5 heteroatoms. The molecule has 1 atom stereocenters. The van der Waals surface area contributed by atoms with Crippen molar-refractivity contribution in [3.05, 3.63) is 29.8 Å². The number of rotatable bonds is 6. The van der Waals surface area contributed by atoms with Crippen LogP contribution >= 0.6 is 0 Å². The van der Waals surface area contributed by atoms with Crippen LogP contribution in [0, 0.1) is 5.92 Å². The standard InChI is InChI=1S/C17H27N3O2/c1-6-20(13(4)12(2)3)17(22)19-15-10-8-7-9-14(15)11-16(21)18-5/h7-10,12-13H,6,11H2,1-5H3,(H,18,21)(H,19,22)/t13-/m1/s1. The minimum absolute atomic E-state index is 0.0791. The van der Waals surface area contributed by atoms with Gasteiger partial charge in [-0.3, -0.25) is 4.79 Å². The molecule has 0 aromatic heterocycles. The highest BCUT2D eigenvalue weighted by molar-refractivity contribution is 5.91. The van der Waals surface area contributed by atoms with Crippen LogP contribution in [0.2, 0.25) is 0 Å². The number of nitrogens with one attached hydrogen (secondary N) is 2. The molecule has 0 aliphatic heterocycles. The Bertz CT molecular complexity index is 514. The van der Waals surface area contributed by atoms with E-state index < -0.39 is 0 Å². The summed E-state index contributed by atoms with van der Waals surface area (Å²) in [5.74, 6) is 0.302.